The summed E-state index contributed by atoms with van der Waals surface area (Å²) in [5.41, 5.74) is -0.0139. The van der Waals surface area contributed by atoms with Gasteiger partial charge in [-0.25, -0.2) is 0 Å². The van der Waals surface area contributed by atoms with Crippen molar-refractivity contribution in [2.45, 2.75) is 0 Å². The Morgan fingerprint density at radius 3 is 2.11 bits per heavy atom. The third-order valence-corrected chi connectivity index (χ3v) is 1.04. The van der Waals surface area contributed by atoms with Crippen LogP contribution >= 0.6 is 11.5 Å². The first-order chi connectivity index (χ1) is 2.89. The number of H-pyrrole nitrogens is 1. The van der Waals surface area contributed by atoms with E-state index in [0.29, 0.717) is 0 Å². The molecular weight excluding hydrogens is 193 g/mol. The van der Waals surface area contributed by atoms with Crippen LogP contribution in [0.3, 0.4) is 0 Å². The summed E-state index contributed by atoms with van der Waals surface area (Å²) in [4.78, 5) is 10.0. The molecule has 0 aliphatic carbocycles. The first kappa shape index (κ1) is 16.4. The Balaban J connectivity index is -0.000000120. The van der Waals surface area contributed by atoms with Crippen molar-refractivity contribution in [2.75, 3.05) is 0 Å². The molecule has 1 heterocycles. The van der Waals surface area contributed by atoms with E-state index < -0.39 is 0 Å². The second-order valence-electron chi connectivity index (χ2n) is 0.887. The number of aromatic amines is 1. The van der Waals surface area contributed by atoms with Gasteiger partial charge < -0.3 is 24.8 Å². The summed E-state index contributed by atoms with van der Waals surface area (Å²) in [5, 5.41) is 1.71. The van der Waals surface area contributed by atoms with Gasteiger partial charge in [-0.3, -0.25) is 9.17 Å². The van der Waals surface area contributed by atoms with Crippen LogP contribution in [0.1, 0.15) is 0 Å². The van der Waals surface area contributed by atoms with Crippen molar-refractivity contribution in [1.82, 2.24) is 4.37 Å². The summed E-state index contributed by atoms with van der Waals surface area (Å²) >= 11 is 1.30. The van der Waals surface area contributed by atoms with Gasteiger partial charge in [-0.05, 0) is 0 Å². The minimum absolute atomic E-state index is 0. The van der Waals surface area contributed by atoms with Gasteiger partial charge >= 0.3 is 23.1 Å². The molecule has 0 spiro atoms. The minimum Gasteiger partial charge on any atom is -1.00 e. The standard InChI is InChI=1S/C3H3NOS.2ClH.Mg/c5-3-1-2-6-4-3;;;/h1-2H,(H,4,5);2*1H;/q;;;+2/p-2. The number of hydrogen-bond donors (Lipinski definition) is 1. The van der Waals surface area contributed by atoms with E-state index in [2.05, 4.69) is 4.37 Å². The molecule has 0 aliphatic rings. The van der Waals surface area contributed by atoms with E-state index in [9.17, 15) is 4.79 Å². The summed E-state index contributed by atoms with van der Waals surface area (Å²) in [6, 6.07) is 1.49. The molecule has 2 nitrogen and oxygen atoms in total. The topological polar surface area (TPSA) is 32.9 Å². The van der Waals surface area contributed by atoms with Gasteiger partial charge in [0.15, 0.2) is 0 Å². The molecule has 0 amide bonds. The van der Waals surface area contributed by atoms with E-state index >= 15 is 0 Å². The third kappa shape index (κ3) is 6.66. The van der Waals surface area contributed by atoms with Gasteiger partial charge in [-0.15, -0.1) is 0 Å². The number of aromatic nitrogens is 1. The van der Waals surface area contributed by atoms with Crippen molar-refractivity contribution >= 4 is 34.6 Å². The fourth-order valence-electron chi connectivity index (χ4n) is 0.222. The zero-order chi connectivity index (χ0) is 4.41. The molecule has 0 aromatic carbocycles. The van der Waals surface area contributed by atoms with Crippen molar-refractivity contribution < 1.29 is 24.8 Å². The van der Waals surface area contributed by atoms with Crippen molar-refractivity contribution in [3.05, 3.63) is 21.8 Å². The Bertz CT molecular complexity index is 160. The molecule has 0 bridgehead atoms. The molecule has 0 atom stereocenters. The van der Waals surface area contributed by atoms with E-state index in [4.69, 9.17) is 0 Å². The quantitative estimate of drug-likeness (QED) is 0.412. The molecule has 0 radical (unpaired) electrons. The Hall–Kier alpha value is 0.776. The number of hydrogen-bond acceptors (Lipinski definition) is 2. The summed E-state index contributed by atoms with van der Waals surface area (Å²) in [5.74, 6) is 0. The van der Waals surface area contributed by atoms with Crippen LogP contribution in [-0.2, 0) is 0 Å². The molecule has 1 N–H and O–H groups in total. The maximum absolute atomic E-state index is 10.0. The van der Waals surface area contributed by atoms with Gasteiger partial charge in [0.2, 0.25) is 0 Å². The molecule has 0 aliphatic heterocycles. The fourth-order valence-corrected chi connectivity index (χ4v) is 0.666. The fraction of sp³-hybridized carbons (Fsp3) is 0. The maximum Gasteiger partial charge on any atom is 2.00 e. The van der Waals surface area contributed by atoms with E-state index in [1.807, 2.05) is 0 Å². The normalized spacial score (nSPS) is 5.78. The van der Waals surface area contributed by atoms with Gasteiger partial charge in [0.1, 0.15) is 0 Å². The molecule has 9 heavy (non-hydrogen) atoms. The smallest absolute Gasteiger partial charge is 1.00 e. The zero-order valence-electron chi connectivity index (χ0n) is 4.43. The summed E-state index contributed by atoms with van der Waals surface area (Å²) < 4.78 is 2.49. The maximum atomic E-state index is 10.0. The average molecular weight is 196 g/mol. The second-order valence-corrected chi connectivity index (χ2v) is 1.60. The molecule has 48 valence electrons. The van der Waals surface area contributed by atoms with E-state index in [0.717, 1.165) is 0 Å². The summed E-state index contributed by atoms with van der Waals surface area (Å²) in [6.45, 7) is 0. The van der Waals surface area contributed by atoms with E-state index in [1.54, 1.807) is 5.38 Å². The number of halogens is 2. The van der Waals surface area contributed by atoms with Gasteiger partial charge in [-0.2, -0.15) is 0 Å². The summed E-state index contributed by atoms with van der Waals surface area (Å²) in [6.07, 6.45) is 0. The zero-order valence-corrected chi connectivity index (χ0v) is 8.18. The van der Waals surface area contributed by atoms with Crippen LogP contribution in [0.2, 0.25) is 0 Å². The minimum atomic E-state index is -0.0139. The van der Waals surface area contributed by atoms with Gasteiger partial charge in [0.25, 0.3) is 5.56 Å². The van der Waals surface area contributed by atoms with Crippen LogP contribution in [0.5, 0.6) is 0 Å². The van der Waals surface area contributed by atoms with Crippen molar-refractivity contribution in [3.8, 4) is 0 Å². The summed E-state index contributed by atoms with van der Waals surface area (Å²) in [7, 11) is 0. The van der Waals surface area contributed by atoms with Gasteiger partial charge in [-0.1, -0.05) is 11.5 Å². The Morgan fingerprint density at radius 2 is 2.00 bits per heavy atom. The molecule has 1 rings (SSSR count). The van der Waals surface area contributed by atoms with Crippen LogP contribution in [0.25, 0.3) is 0 Å². The van der Waals surface area contributed by atoms with Crippen LogP contribution in [0, 0.1) is 0 Å². The molecule has 1 aromatic heterocycles. The Labute approximate surface area is 85.2 Å². The molecule has 0 saturated carbocycles. The van der Waals surface area contributed by atoms with E-state index in [-0.39, 0.29) is 53.4 Å². The first-order valence-corrected chi connectivity index (χ1v) is 2.40. The van der Waals surface area contributed by atoms with Crippen LogP contribution in [0.4, 0.5) is 0 Å². The predicted octanol–water partition coefficient (Wildman–Crippen LogP) is -5.94. The van der Waals surface area contributed by atoms with E-state index in [1.165, 1.54) is 17.6 Å². The Kier molecular flexibility index (Phi) is 16.0. The molecule has 6 heteroatoms. The van der Waals surface area contributed by atoms with Gasteiger partial charge in [0, 0.05) is 11.4 Å². The molecule has 0 saturated heterocycles. The van der Waals surface area contributed by atoms with Crippen molar-refractivity contribution in [1.29, 1.82) is 0 Å². The molecule has 1 aromatic rings. The first-order valence-electron chi connectivity index (χ1n) is 1.52. The Morgan fingerprint density at radius 1 is 1.44 bits per heavy atom. The third-order valence-electron chi connectivity index (χ3n) is 0.447. The molecule has 0 unspecified atom stereocenters. The van der Waals surface area contributed by atoms with Crippen LogP contribution in [0.15, 0.2) is 16.2 Å². The largest absolute Gasteiger partial charge is 2.00 e. The molecular formula is C3H3Cl2MgNOS. The second kappa shape index (κ2) is 8.78. The van der Waals surface area contributed by atoms with Gasteiger partial charge in [0.05, 0.1) is 0 Å². The molecule has 0 fully saturated rings. The predicted molar refractivity (Wildman–Crippen MR) is 30.7 cm³/mol. The SMILES string of the molecule is O=c1ccs[nH]1.[Cl-].[Cl-].[Mg+2]. The van der Waals surface area contributed by atoms with Crippen molar-refractivity contribution in [3.63, 3.8) is 0 Å². The van der Waals surface area contributed by atoms with Crippen LogP contribution in [-0.4, -0.2) is 27.4 Å². The van der Waals surface area contributed by atoms with Crippen LogP contribution < -0.4 is 30.4 Å². The van der Waals surface area contributed by atoms with Crippen molar-refractivity contribution in [2.24, 2.45) is 0 Å². The number of nitrogens with one attached hydrogen (secondary N) is 1. The number of rotatable bonds is 0. The monoisotopic (exact) mass is 195 g/mol. The average Bonchev–Trinajstić information content (AvgIpc) is 1.86.